The molecule has 4 heteroatoms. The molecule has 1 heterocycles. The molecule has 55 valence electrons. The molecule has 0 spiro atoms. The maximum Gasteiger partial charge on any atom is 0.397 e. The van der Waals surface area contributed by atoms with Crippen LogP contribution in [0.25, 0.3) is 0 Å². The molecule has 1 radical (unpaired) electrons. The van der Waals surface area contributed by atoms with Crippen molar-refractivity contribution in [2.24, 2.45) is 0 Å². The van der Waals surface area contributed by atoms with Crippen LogP contribution in [0, 0.1) is 6.42 Å². The fourth-order valence-corrected chi connectivity index (χ4v) is 1.21. The molecule has 0 saturated heterocycles. The van der Waals surface area contributed by atoms with Gasteiger partial charge in [-0.3, -0.25) is 0 Å². The van der Waals surface area contributed by atoms with Gasteiger partial charge in [0.1, 0.15) is 6.42 Å². The first-order valence-electron chi connectivity index (χ1n) is 2.54. The zero-order valence-electron chi connectivity index (χ0n) is 4.85. The highest BCUT2D eigenvalue weighted by molar-refractivity contribution is 7.10. The minimum atomic E-state index is -4.19. The molecule has 1 rings (SSSR count). The molecule has 0 aliphatic heterocycles. The van der Waals surface area contributed by atoms with Crippen molar-refractivity contribution in [1.29, 1.82) is 0 Å². The molecule has 0 atom stereocenters. The molecular formula is C6H4F3S. The lowest BCUT2D eigenvalue weighted by atomic mass is 10.3. The second-order valence-electron chi connectivity index (χ2n) is 1.70. The Morgan fingerprint density at radius 3 is 2.50 bits per heavy atom. The fraction of sp³-hybridized carbons (Fsp3) is 0.167. The lowest BCUT2D eigenvalue weighted by Gasteiger charge is -2.01. The summed E-state index contributed by atoms with van der Waals surface area (Å²) in [6, 6.07) is 3.01. The lowest BCUT2D eigenvalue weighted by Crippen LogP contribution is -2.07. The minimum absolute atomic E-state index is 0.243. The van der Waals surface area contributed by atoms with E-state index >= 15 is 0 Å². The lowest BCUT2D eigenvalue weighted by molar-refractivity contribution is -0.0924. The van der Waals surface area contributed by atoms with E-state index in [1.807, 2.05) is 0 Å². The number of alkyl halides is 3. The van der Waals surface area contributed by atoms with Crippen molar-refractivity contribution >= 4 is 11.3 Å². The molecule has 1 aromatic rings. The predicted molar refractivity (Wildman–Crippen MR) is 33.8 cm³/mol. The standard InChI is InChI=1S/C6H4F3S/c7-6(8,9)4-5-2-1-3-10-5/h1-4H. The summed E-state index contributed by atoms with van der Waals surface area (Å²) in [4.78, 5) is 0.243. The maximum absolute atomic E-state index is 11.6. The van der Waals surface area contributed by atoms with E-state index in [-0.39, 0.29) is 11.3 Å². The Morgan fingerprint density at radius 2 is 2.10 bits per heavy atom. The highest BCUT2D eigenvalue weighted by Gasteiger charge is 2.28. The zero-order chi connectivity index (χ0) is 7.61. The smallest absolute Gasteiger partial charge is 0.170 e. The van der Waals surface area contributed by atoms with Crippen LogP contribution in [0.2, 0.25) is 0 Å². The molecule has 0 saturated carbocycles. The van der Waals surface area contributed by atoms with Gasteiger partial charge in [0.15, 0.2) is 0 Å². The van der Waals surface area contributed by atoms with Crippen molar-refractivity contribution in [1.82, 2.24) is 0 Å². The van der Waals surface area contributed by atoms with Gasteiger partial charge in [-0.25, -0.2) is 0 Å². The van der Waals surface area contributed by atoms with E-state index in [1.54, 1.807) is 11.4 Å². The summed E-state index contributed by atoms with van der Waals surface area (Å²) in [7, 11) is 0. The van der Waals surface area contributed by atoms with Gasteiger partial charge < -0.3 is 0 Å². The minimum Gasteiger partial charge on any atom is -0.170 e. The summed E-state index contributed by atoms with van der Waals surface area (Å²) in [6.45, 7) is 0. The summed E-state index contributed by atoms with van der Waals surface area (Å²) in [6.07, 6.45) is -3.90. The Kier molecular flexibility index (Phi) is 1.99. The van der Waals surface area contributed by atoms with Crippen LogP contribution in [-0.2, 0) is 0 Å². The third-order valence-electron chi connectivity index (χ3n) is 0.849. The number of thiophene rings is 1. The van der Waals surface area contributed by atoms with E-state index in [9.17, 15) is 13.2 Å². The Labute approximate surface area is 60.3 Å². The number of rotatable bonds is 1. The van der Waals surface area contributed by atoms with Gasteiger partial charge in [0, 0.05) is 4.88 Å². The van der Waals surface area contributed by atoms with Crippen LogP contribution in [0.3, 0.4) is 0 Å². The summed E-state index contributed by atoms with van der Waals surface area (Å²) in [5, 5.41) is 1.61. The Balaban J connectivity index is 2.57. The molecule has 0 N–H and O–H groups in total. The van der Waals surface area contributed by atoms with Crippen LogP contribution in [0.15, 0.2) is 17.5 Å². The van der Waals surface area contributed by atoms with Crippen LogP contribution in [-0.4, -0.2) is 6.18 Å². The van der Waals surface area contributed by atoms with Crippen molar-refractivity contribution < 1.29 is 13.2 Å². The molecule has 0 aromatic carbocycles. The molecule has 0 nitrogen and oxygen atoms in total. The van der Waals surface area contributed by atoms with Crippen LogP contribution >= 0.6 is 11.3 Å². The van der Waals surface area contributed by atoms with Gasteiger partial charge >= 0.3 is 6.18 Å². The third-order valence-corrected chi connectivity index (χ3v) is 1.67. The average molecular weight is 165 g/mol. The first-order valence-corrected chi connectivity index (χ1v) is 3.42. The van der Waals surface area contributed by atoms with Gasteiger partial charge in [-0.1, -0.05) is 6.07 Å². The Hall–Kier alpha value is -0.510. The summed E-state index contributed by atoms with van der Waals surface area (Å²) < 4.78 is 34.7. The van der Waals surface area contributed by atoms with Crippen LogP contribution in [0.1, 0.15) is 4.88 Å². The number of hydrogen-bond acceptors (Lipinski definition) is 1. The fourth-order valence-electron chi connectivity index (χ4n) is 0.535. The summed E-state index contributed by atoms with van der Waals surface area (Å²) in [5.41, 5.74) is 0. The van der Waals surface area contributed by atoms with E-state index in [1.165, 1.54) is 6.07 Å². The topological polar surface area (TPSA) is 0 Å². The molecule has 0 fully saturated rings. The van der Waals surface area contributed by atoms with Crippen molar-refractivity contribution in [3.05, 3.63) is 28.8 Å². The second kappa shape index (κ2) is 2.62. The van der Waals surface area contributed by atoms with Gasteiger partial charge in [-0.05, 0) is 11.4 Å². The first-order chi connectivity index (χ1) is 4.58. The van der Waals surface area contributed by atoms with E-state index in [4.69, 9.17) is 0 Å². The highest BCUT2D eigenvalue weighted by atomic mass is 32.1. The van der Waals surface area contributed by atoms with Crippen LogP contribution in [0.4, 0.5) is 13.2 Å². The number of hydrogen-bond donors (Lipinski definition) is 0. The molecule has 0 aliphatic rings. The molecular weight excluding hydrogens is 161 g/mol. The predicted octanol–water partition coefficient (Wildman–Crippen LogP) is 2.86. The Bertz CT molecular complexity index is 187. The van der Waals surface area contributed by atoms with E-state index in [2.05, 4.69) is 0 Å². The SMILES string of the molecule is FC(F)(F)[CH]c1cccs1. The van der Waals surface area contributed by atoms with Crippen LogP contribution in [0.5, 0.6) is 0 Å². The maximum atomic E-state index is 11.6. The molecule has 0 aliphatic carbocycles. The molecule has 10 heavy (non-hydrogen) atoms. The zero-order valence-corrected chi connectivity index (χ0v) is 5.67. The van der Waals surface area contributed by atoms with Crippen molar-refractivity contribution in [3.63, 3.8) is 0 Å². The third kappa shape index (κ3) is 2.39. The highest BCUT2D eigenvalue weighted by Crippen LogP contribution is 2.25. The molecule has 0 amide bonds. The van der Waals surface area contributed by atoms with E-state index in [0.29, 0.717) is 0 Å². The van der Waals surface area contributed by atoms with Gasteiger partial charge in [0.2, 0.25) is 0 Å². The number of halogens is 3. The first kappa shape index (κ1) is 7.60. The van der Waals surface area contributed by atoms with E-state index < -0.39 is 6.18 Å². The van der Waals surface area contributed by atoms with Gasteiger partial charge in [-0.15, -0.1) is 11.3 Å². The quantitative estimate of drug-likeness (QED) is 0.600. The average Bonchev–Trinajstić information content (AvgIpc) is 2.12. The molecule has 0 bridgehead atoms. The van der Waals surface area contributed by atoms with Crippen LogP contribution < -0.4 is 0 Å². The summed E-state index contributed by atoms with van der Waals surface area (Å²) >= 11 is 1.07. The van der Waals surface area contributed by atoms with Gasteiger partial charge in [-0.2, -0.15) is 13.2 Å². The monoisotopic (exact) mass is 165 g/mol. The second-order valence-corrected chi connectivity index (χ2v) is 2.68. The van der Waals surface area contributed by atoms with Gasteiger partial charge in [0.05, 0.1) is 0 Å². The normalized spacial score (nSPS) is 11.9. The van der Waals surface area contributed by atoms with E-state index in [0.717, 1.165) is 11.3 Å². The van der Waals surface area contributed by atoms with Gasteiger partial charge in [0.25, 0.3) is 0 Å². The van der Waals surface area contributed by atoms with Crippen molar-refractivity contribution in [2.75, 3.05) is 0 Å². The molecule has 1 aromatic heterocycles. The Morgan fingerprint density at radius 1 is 1.40 bits per heavy atom. The van der Waals surface area contributed by atoms with Crippen molar-refractivity contribution in [3.8, 4) is 0 Å². The largest absolute Gasteiger partial charge is 0.397 e. The summed E-state index contributed by atoms with van der Waals surface area (Å²) in [5.74, 6) is 0. The molecule has 0 unspecified atom stereocenters. The van der Waals surface area contributed by atoms with Crippen molar-refractivity contribution in [2.45, 2.75) is 6.18 Å².